The van der Waals surface area contributed by atoms with Gasteiger partial charge in [0.25, 0.3) is 0 Å². The molecule has 0 aliphatic rings. The number of benzene rings is 2. The summed E-state index contributed by atoms with van der Waals surface area (Å²) >= 11 is 0. The zero-order valence-electron chi connectivity index (χ0n) is 21.7. The monoisotopic (exact) mass is 483 g/mol. The second-order valence-corrected chi connectivity index (χ2v) is 9.09. The molecule has 0 amide bonds. The van der Waals surface area contributed by atoms with Crippen LogP contribution < -0.4 is 16.5 Å². The van der Waals surface area contributed by atoms with Crippen LogP contribution in [-0.2, 0) is 4.74 Å². The first-order valence-electron chi connectivity index (χ1n) is 12.2. The summed E-state index contributed by atoms with van der Waals surface area (Å²) in [6.07, 6.45) is 0.655. The Labute approximate surface area is 211 Å². The van der Waals surface area contributed by atoms with E-state index in [1.54, 1.807) is 7.11 Å². The zero-order chi connectivity index (χ0) is 26.0. The lowest BCUT2D eigenvalue weighted by molar-refractivity contribution is 0.282. The number of anilines is 1. The number of rotatable bonds is 7. The maximum absolute atomic E-state index is 13.4. The molecular weight excluding hydrogens is 450 g/mol. The fraction of sp³-hybridized carbons (Fsp3) is 0.267. The predicted molar refractivity (Wildman–Crippen MR) is 147 cm³/mol. The van der Waals surface area contributed by atoms with Crippen LogP contribution in [0.15, 0.2) is 69.6 Å². The van der Waals surface area contributed by atoms with Crippen molar-refractivity contribution in [3.05, 3.63) is 98.7 Å². The second kappa shape index (κ2) is 10.3. The van der Waals surface area contributed by atoms with E-state index < -0.39 is 0 Å². The van der Waals surface area contributed by atoms with Crippen molar-refractivity contribution in [2.24, 2.45) is 5.73 Å². The molecule has 0 bridgehead atoms. The minimum Gasteiger partial charge on any atom is -0.499 e. The molecule has 186 valence electrons. The highest BCUT2D eigenvalue weighted by molar-refractivity contribution is 5.85. The fourth-order valence-electron chi connectivity index (χ4n) is 4.52. The molecule has 0 saturated carbocycles. The number of nitrogens with zero attached hydrogens (tertiary/aromatic N) is 1. The van der Waals surface area contributed by atoms with E-state index in [1.807, 2.05) is 83.1 Å². The van der Waals surface area contributed by atoms with Crippen LogP contribution in [-0.4, -0.2) is 12.1 Å². The summed E-state index contributed by atoms with van der Waals surface area (Å²) in [6, 6.07) is 17.4. The summed E-state index contributed by atoms with van der Waals surface area (Å²) in [5, 5.41) is 4.13. The lowest BCUT2D eigenvalue weighted by atomic mass is 9.98. The normalized spacial score (nSPS) is 12.8. The molecule has 6 nitrogen and oxygen atoms in total. The van der Waals surface area contributed by atoms with E-state index in [1.165, 1.54) is 0 Å². The summed E-state index contributed by atoms with van der Waals surface area (Å²) < 4.78 is 12.0. The third kappa shape index (κ3) is 4.71. The van der Waals surface area contributed by atoms with Crippen molar-refractivity contribution in [2.45, 2.75) is 47.1 Å². The minimum absolute atomic E-state index is 0.0233. The maximum Gasteiger partial charge on any atom is 0.196 e. The number of aryl methyl sites for hydroxylation is 2. The quantitative estimate of drug-likeness (QED) is 0.287. The first-order chi connectivity index (χ1) is 17.2. The van der Waals surface area contributed by atoms with Gasteiger partial charge in [0.1, 0.15) is 22.8 Å². The first kappa shape index (κ1) is 25.0. The van der Waals surface area contributed by atoms with Crippen LogP contribution in [0.2, 0.25) is 0 Å². The van der Waals surface area contributed by atoms with Gasteiger partial charge in [-0.15, -0.1) is 0 Å². The van der Waals surface area contributed by atoms with Crippen molar-refractivity contribution in [3.8, 4) is 11.3 Å². The molecule has 6 heteroatoms. The van der Waals surface area contributed by atoms with Gasteiger partial charge in [0.05, 0.1) is 29.9 Å². The number of ether oxygens (including phenoxy) is 1. The molecular formula is C30H33N3O3. The molecule has 3 N–H and O–H groups in total. The van der Waals surface area contributed by atoms with E-state index in [-0.39, 0.29) is 11.5 Å². The van der Waals surface area contributed by atoms with Gasteiger partial charge in [0.15, 0.2) is 5.43 Å². The topological polar surface area (TPSA) is 90.4 Å². The fourth-order valence-corrected chi connectivity index (χ4v) is 4.52. The number of methoxy groups -OCH3 is 1. The van der Waals surface area contributed by atoms with Crippen LogP contribution in [0.1, 0.15) is 54.4 Å². The lowest BCUT2D eigenvalue weighted by Gasteiger charge is -2.21. The third-order valence-corrected chi connectivity index (χ3v) is 6.42. The Morgan fingerprint density at radius 2 is 1.83 bits per heavy atom. The summed E-state index contributed by atoms with van der Waals surface area (Å²) in [5.74, 6) is 1.27. The molecule has 2 heterocycles. The third-order valence-electron chi connectivity index (χ3n) is 6.42. The van der Waals surface area contributed by atoms with Gasteiger partial charge in [-0.05, 0) is 51.5 Å². The first-order valence-corrected chi connectivity index (χ1v) is 12.2. The number of nitrogens with one attached hydrogen (secondary N) is 1. The van der Waals surface area contributed by atoms with E-state index in [4.69, 9.17) is 19.9 Å². The van der Waals surface area contributed by atoms with Crippen LogP contribution in [0.4, 0.5) is 5.69 Å². The van der Waals surface area contributed by atoms with Crippen LogP contribution in [0.25, 0.3) is 28.0 Å². The van der Waals surface area contributed by atoms with Gasteiger partial charge in [-0.3, -0.25) is 4.79 Å². The van der Waals surface area contributed by atoms with Crippen molar-refractivity contribution in [2.75, 3.05) is 12.4 Å². The Morgan fingerprint density at radius 1 is 1.11 bits per heavy atom. The van der Waals surface area contributed by atoms with E-state index >= 15 is 0 Å². The van der Waals surface area contributed by atoms with E-state index in [0.717, 1.165) is 28.1 Å². The molecule has 1 atom stereocenters. The van der Waals surface area contributed by atoms with Crippen LogP contribution in [0, 0.1) is 20.8 Å². The lowest BCUT2D eigenvalue weighted by Crippen LogP contribution is -2.15. The highest BCUT2D eigenvalue weighted by Gasteiger charge is 2.20. The number of nitrogens with two attached hydrogens (primary N) is 1. The number of fused-ring (bicyclic) bond motifs is 1. The molecule has 0 saturated heterocycles. The van der Waals surface area contributed by atoms with Gasteiger partial charge in [0, 0.05) is 28.8 Å². The molecule has 0 aliphatic carbocycles. The minimum atomic E-state index is -0.203. The maximum atomic E-state index is 13.4. The van der Waals surface area contributed by atoms with Crippen LogP contribution in [0.3, 0.4) is 0 Å². The molecule has 0 aliphatic heterocycles. The van der Waals surface area contributed by atoms with Crippen molar-refractivity contribution >= 4 is 22.4 Å². The Morgan fingerprint density at radius 3 is 2.50 bits per heavy atom. The summed E-state index contributed by atoms with van der Waals surface area (Å²) in [6.45, 7) is 9.76. The van der Waals surface area contributed by atoms with Gasteiger partial charge in [-0.25, -0.2) is 4.98 Å². The largest absolute Gasteiger partial charge is 0.499 e. The van der Waals surface area contributed by atoms with Gasteiger partial charge < -0.3 is 20.2 Å². The number of aromatic nitrogens is 1. The Hall–Kier alpha value is -4.06. The van der Waals surface area contributed by atoms with Crippen molar-refractivity contribution in [1.82, 2.24) is 4.98 Å². The van der Waals surface area contributed by atoms with Gasteiger partial charge >= 0.3 is 0 Å². The zero-order valence-corrected chi connectivity index (χ0v) is 21.7. The van der Waals surface area contributed by atoms with E-state index in [9.17, 15) is 4.79 Å². The Bertz CT molecular complexity index is 1500. The van der Waals surface area contributed by atoms with Gasteiger partial charge in [-0.1, -0.05) is 43.3 Å². The molecule has 0 radical (unpaired) electrons. The average molecular weight is 484 g/mol. The van der Waals surface area contributed by atoms with Crippen molar-refractivity contribution < 1.29 is 9.15 Å². The van der Waals surface area contributed by atoms with Crippen LogP contribution in [0.5, 0.6) is 0 Å². The average Bonchev–Trinajstić information content (AvgIpc) is 2.88. The summed E-state index contributed by atoms with van der Waals surface area (Å²) in [7, 11) is 1.62. The summed E-state index contributed by atoms with van der Waals surface area (Å²) in [5.41, 5.74) is 13.1. The van der Waals surface area contributed by atoms with E-state index in [2.05, 4.69) is 11.4 Å². The van der Waals surface area contributed by atoms with E-state index in [0.29, 0.717) is 45.9 Å². The highest BCUT2D eigenvalue weighted by Crippen LogP contribution is 2.33. The molecule has 2 aromatic carbocycles. The summed E-state index contributed by atoms with van der Waals surface area (Å²) in [4.78, 5) is 18.1. The second-order valence-electron chi connectivity index (χ2n) is 9.09. The molecule has 0 fully saturated rings. The Balaban J connectivity index is 1.87. The molecule has 4 rings (SSSR count). The molecule has 0 spiro atoms. The Kier molecular flexibility index (Phi) is 7.15. The molecule has 2 aromatic heterocycles. The molecule has 1 unspecified atom stereocenters. The smallest absolute Gasteiger partial charge is 0.196 e. The number of pyridine rings is 1. The molecule has 4 aromatic rings. The standard InChI is InChI=1S/C30H33N3O3/c1-7-25(35-6)26(31)27-24(14-13-18(3)32-27)33-20(5)22-15-17(2)16-23-28(34)19(4)29(36-30(22)23)21-11-9-8-10-12-21/h8-16,20,33H,7,31H2,1-6H3. The van der Waals surface area contributed by atoms with Crippen LogP contribution >= 0.6 is 0 Å². The van der Waals surface area contributed by atoms with Crippen molar-refractivity contribution in [3.63, 3.8) is 0 Å². The van der Waals surface area contributed by atoms with Gasteiger partial charge in [0.2, 0.25) is 0 Å². The number of allylic oxidation sites excluding steroid dienone is 1. The number of hydrogen-bond acceptors (Lipinski definition) is 6. The SMILES string of the molecule is CCC(OC)=C(N)c1nc(C)ccc1NC(C)c1cc(C)cc2c(=O)c(C)c(-c3ccccc3)oc12. The molecule has 36 heavy (non-hydrogen) atoms. The van der Waals surface area contributed by atoms with Crippen molar-refractivity contribution in [1.29, 1.82) is 0 Å². The predicted octanol–water partition coefficient (Wildman–Crippen LogP) is 6.64. The van der Waals surface area contributed by atoms with Gasteiger partial charge in [-0.2, -0.15) is 0 Å². The number of hydrogen-bond donors (Lipinski definition) is 2. The highest BCUT2D eigenvalue weighted by atomic mass is 16.5.